The maximum Gasteiger partial charge on any atom is 0.416 e. The summed E-state index contributed by atoms with van der Waals surface area (Å²) in [6.07, 6.45) is -9.35. The number of alkyl halides is 6. The zero-order valence-electron chi connectivity index (χ0n) is 12.0. The number of nitrogens with zero attached hydrogens (tertiary/aromatic N) is 1. The minimum absolute atomic E-state index is 0.0456. The van der Waals surface area contributed by atoms with Gasteiger partial charge >= 0.3 is 18.4 Å². The van der Waals surface area contributed by atoms with Crippen molar-refractivity contribution in [3.63, 3.8) is 0 Å². The predicted molar refractivity (Wildman–Crippen MR) is 68.5 cm³/mol. The van der Waals surface area contributed by atoms with Gasteiger partial charge in [-0.3, -0.25) is 4.90 Å². The van der Waals surface area contributed by atoms with Crippen LogP contribution in [0.4, 0.5) is 31.1 Å². The van der Waals surface area contributed by atoms with Crippen LogP contribution in [0, 0.1) is 0 Å². The minimum atomic E-state index is -4.77. The van der Waals surface area contributed by atoms with Gasteiger partial charge in [0.2, 0.25) is 0 Å². The van der Waals surface area contributed by atoms with E-state index < -0.39 is 42.1 Å². The quantitative estimate of drug-likeness (QED) is 0.707. The van der Waals surface area contributed by atoms with Crippen LogP contribution in [0.5, 0.6) is 0 Å². The van der Waals surface area contributed by atoms with Gasteiger partial charge in [-0.15, -0.1) is 0 Å². The Hall–Kier alpha value is -1.93. The highest BCUT2D eigenvalue weighted by molar-refractivity contribution is 5.70. The number of amides is 1. The standard InChI is InChI=1S/C14H13F6NO2/c1-8-7-23-12(22)21(8)6-9-4-10(13(15,16)17)2-3-11(5-9)14(18,19)20/h2,4-5,8H,3,6-7H2,1H3. The van der Waals surface area contributed by atoms with Gasteiger partial charge in [-0.2, -0.15) is 26.3 Å². The van der Waals surface area contributed by atoms with Gasteiger partial charge in [-0.1, -0.05) is 6.08 Å². The van der Waals surface area contributed by atoms with Crippen molar-refractivity contribution in [3.8, 4) is 0 Å². The Balaban J connectivity index is 2.36. The van der Waals surface area contributed by atoms with E-state index in [0.717, 1.165) is 4.90 Å². The third kappa shape index (κ3) is 4.08. The van der Waals surface area contributed by atoms with E-state index in [2.05, 4.69) is 0 Å². The lowest BCUT2D eigenvalue weighted by Gasteiger charge is -2.19. The molecule has 2 aliphatic rings. The SMILES string of the molecule is CC1COC(=O)N1CC1=CC(C(F)(F)F)=CCC(C(F)(F)F)=C1. The summed E-state index contributed by atoms with van der Waals surface area (Å²) in [4.78, 5) is 12.6. The Labute approximate surface area is 127 Å². The van der Waals surface area contributed by atoms with Gasteiger partial charge in [0.15, 0.2) is 0 Å². The summed E-state index contributed by atoms with van der Waals surface area (Å²) in [5.74, 6) is 0. The summed E-state index contributed by atoms with van der Waals surface area (Å²) >= 11 is 0. The molecule has 1 amide bonds. The molecule has 1 aliphatic heterocycles. The average molecular weight is 341 g/mol. The van der Waals surface area contributed by atoms with E-state index in [9.17, 15) is 31.1 Å². The van der Waals surface area contributed by atoms with Gasteiger partial charge in [0.1, 0.15) is 6.61 Å². The number of carbonyl (C=O) groups excluding carboxylic acids is 1. The summed E-state index contributed by atoms with van der Waals surface area (Å²) in [5, 5.41) is 0. The Morgan fingerprint density at radius 2 is 1.83 bits per heavy atom. The molecule has 1 aliphatic carbocycles. The first-order valence-electron chi connectivity index (χ1n) is 6.67. The second kappa shape index (κ2) is 5.93. The second-order valence-electron chi connectivity index (χ2n) is 5.30. The van der Waals surface area contributed by atoms with Crippen LogP contribution in [0.2, 0.25) is 0 Å². The summed E-state index contributed by atoms with van der Waals surface area (Å²) in [6, 6.07) is -0.423. The van der Waals surface area contributed by atoms with Crippen LogP contribution in [-0.4, -0.2) is 42.5 Å². The highest BCUT2D eigenvalue weighted by atomic mass is 19.4. The molecule has 0 saturated carbocycles. The van der Waals surface area contributed by atoms with Crippen LogP contribution in [0.15, 0.2) is 34.9 Å². The molecule has 9 heteroatoms. The van der Waals surface area contributed by atoms with Crippen molar-refractivity contribution in [1.82, 2.24) is 4.90 Å². The third-order valence-corrected chi connectivity index (χ3v) is 3.50. The molecule has 0 aromatic rings. The van der Waals surface area contributed by atoms with E-state index in [-0.39, 0.29) is 18.7 Å². The molecular formula is C14H13F6NO2. The Morgan fingerprint density at radius 1 is 1.17 bits per heavy atom. The number of carbonyl (C=O) groups is 1. The molecule has 1 unspecified atom stereocenters. The van der Waals surface area contributed by atoms with Crippen molar-refractivity contribution in [1.29, 1.82) is 0 Å². The maximum absolute atomic E-state index is 12.9. The molecule has 1 atom stereocenters. The average Bonchev–Trinajstić information content (AvgIpc) is 2.64. The number of hydrogen-bond donors (Lipinski definition) is 0. The van der Waals surface area contributed by atoms with Crippen molar-refractivity contribution < 1.29 is 35.9 Å². The summed E-state index contributed by atoms with van der Waals surface area (Å²) in [5.41, 5.74) is -2.50. The van der Waals surface area contributed by atoms with Crippen LogP contribution < -0.4 is 0 Å². The van der Waals surface area contributed by atoms with E-state index in [0.29, 0.717) is 18.2 Å². The molecule has 0 aromatic heterocycles. The molecule has 128 valence electrons. The second-order valence-corrected chi connectivity index (χ2v) is 5.30. The van der Waals surface area contributed by atoms with Crippen molar-refractivity contribution in [2.75, 3.05) is 13.2 Å². The Kier molecular flexibility index (Phi) is 4.50. The van der Waals surface area contributed by atoms with Crippen LogP contribution in [0.25, 0.3) is 0 Å². The fourth-order valence-corrected chi connectivity index (χ4v) is 2.25. The molecule has 0 N–H and O–H groups in total. The van der Waals surface area contributed by atoms with Crippen LogP contribution in [0.1, 0.15) is 13.3 Å². The fourth-order valence-electron chi connectivity index (χ4n) is 2.25. The lowest BCUT2D eigenvalue weighted by atomic mass is 10.1. The first kappa shape index (κ1) is 17.4. The largest absolute Gasteiger partial charge is 0.447 e. The Morgan fingerprint density at radius 3 is 2.30 bits per heavy atom. The molecule has 0 bridgehead atoms. The third-order valence-electron chi connectivity index (χ3n) is 3.50. The topological polar surface area (TPSA) is 29.5 Å². The normalized spacial score (nSPS) is 23.1. The highest BCUT2D eigenvalue weighted by Crippen LogP contribution is 2.36. The van der Waals surface area contributed by atoms with Crippen LogP contribution in [0.3, 0.4) is 0 Å². The lowest BCUT2D eigenvalue weighted by Crippen LogP contribution is -2.33. The van der Waals surface area contributed by atoms with E-state index in [1.54, 1.807) is 6.92 Å². The summed E-state index contributed by atoms with van der Waals surface area (Å²) < 4.78 is 81.9. The molecule has 1 saturated heterocycles. The molecule has 0 radical (unpaired) electrons. The molecule has 23 heavy (non-hydrogen) atoms. The zero-order chi connectivity index (χ0) is 17.4. The van der Waals surface area contributed by atoms with Gasteiger partial charge in [0, 0.05) is 12.1 Å². The van der Waals surface area contributed by atoms with E-state index in [1.165, 1.54) is 0 Å². The molecule has 2 rings (SSSR count). The summed E-state index contributed by atoms with van der Waals surface area (Å²) in [7, 11) is 0. The molecular weight excluding hydrogens is 328 g/mol. The van der Waals surface area contributed by atoms with Gasteiger partial charge in [-0.05, 0) is 31.1 Å². The first-order chi connectivity index (χ1) is 10.5. The smallest absolute Gasteiger partial charge is 0.416 e. The monoisotopic (exact) mass is 341 g/mol. The van der Waals surface area contributed by atoms with Crippen molar-refractivity contribution >= 4 is 6.09 Å². The highest BCUT2D eigenvalue weighted by Gasteiger charge is 2.38. The number of rotatable bonds is 2. The van der Waals surface area contributed by atoms with Gasteiger partial charge in [0.25, 0.3) is 0 Å². The predicted octanol–water partition coefficient (Wildman–Crippen LogP) is 4.13. The number of cyclic esters (lactones) is 1. The van der Waals surface area contributed by atoms with Crippen LogP contribution >= 0.6 is 0 Å². The number of ether oxygens (including phenoxy) is 1. The minimum Gasteiger partial charge on any atom is -0.447 e. The molecule has 1 heterocycles. The number of hydrogen-bond acceptors (Lipinski definition) is 2. The fraction of sp³-hybridized carbons (Fsp3) is 0.500. The molecule has 1 fully saturated rings. The summed E-state index contributed by atoms with van der Waals surface area (Å²) in [6.45, 7) is 1.26. The van der Waals surface area contributed by atoms with Crippen molar-refractivity contribution in [2.24, 2.45) is 0 Å². The van der Waals surface area contributed by atoms with E-state index in [1.807, 2.05) is 0 Å². The van der Waals surface area contributed by atoms with E-state index in [4.69, 9.17) is 4.74 Å². The zero-order valence-corrected chi connectivity index (χ0v) is 12.0. The molecule has 0 spiro atoms. The molecule has 0 aromatic carbocycles. The lowest BCUT2D eigenvalue weighted by molar-refractivity contribution is -0.0945. The molecule has 3 nitrogen and oxygen atoms in total. The van der Waals surface area contributed by atoms with E-state index >= 15 is 0 Å². The van der Waals surface area contributed by atoms with Crippen molar-refractivity contribution in [2.45, 2.75) is 31.7 Å². The van der Waals surface area contributed by atoms with Gasteiger partial charge in [0.05, 0.1) is 11.6 Å². The first-order valence-corrected chi connectivity index (χ1v) is 6.67. The number of allylic oxidation sites excluding steroid dienone is 4. The van der Waals surface area contributed by atoms with Gasteiger partial charge < -0.3 is 4.74 Å². The Bertz CT molecular complexity index is 585. The maximum atomic E-state index is 12.9. The van der Waals surface area contributed by atoms with Gasteiger partial charge in [-0.25, -0.2) is 4.79 Å². The van der Waals surface area contributed by atoms with Crippen LogP contribution in [-0.2, 0) is 4.74 Å². The number of halogens is 6. The van der Waals surface area contributed by atoms with Crippen molar-refractivity contribution in [3.05, 3.63) is 34.9 Å².